The lowest BCUT2D eigenvalue weighted by Crippen LogP contribution is -2.13. The van der Waals surface area contributed by atoms with Crippen molar-refractivity contribution in [3.63, 3.8) is 0 Å². The highest BCUT2D eigenvalue weighted by atomic mass is 32.2. The number of alkyl halides is 3. The molecular weight excluding hydrogens is 247 g/mol. The number of nitrogens with one attached hydrogen (secondary N) is 1. The fourth-order valence-electron chi connectivity index (χ4n) is 1.41. The van der Waals surface area contributed by atoms with Crippen molar-refractivity contribution >= 4 is 17.4 Å². The monoisotopic (exact) mass is 263 g/mol. The fourth-order valence-corrected chi connectivity index (χ4v) is 2.10. The minimum atomic E-state index is -4.26. The molecule has 0 bridgehead atoms. The summed E-state index contributed by atoms with van der Waals surface area (Å²) in [6.07, 6.45) is -2.22. The van der Waals surface area contributed by atoms with Gasteiger partial charge in [0.25, 0.3) is 0 Å². The average molecular weight is 263 g/mol. The molecule has 0 fully saturated rings. The van der Waals surface area contributed by atoms with Crippen molar-refractivity contribution < 1.29 is 13.2 Å². The highest BCUT2D eigenvalue weighted by molar-refractivity contribution is 7.98. The molecule has 1 N–H and O–H groups in total. The summed E-state index contributed by atoms with van der Waals surface area (Å²) in [5.74, 6) is 1.53. The Morgan fingerprint density at radius 3 is 2.29 bits per heavy atom. The van der Waals surface area contributed by atoms with Crippen molar-refractivity contribution in [1.82, 2.24) is 0 Å². The van der Waals surface area contributed by atoms with Gasteiger partial charge in [0.1, 0.15) is 0 Å². The first-order valence-corrected chi connectivity index (χ1v) is 6.73. The molecule has 0 radical (unpaired) electrons. The molecule has 0 saturated heterocycles. The van der Waals surface area contributed by atoms with E-state index in [2.05, 4.69) is 12.2 Å². The molecule has 96 valence electrons. The molecule has 0 saturated carbocycles. The van der Waals surface area contributed by atoms with Gasteiger partial charge in [0, 0.05) is 12.2 Å². The number of anilines is 1. The van der Waals surface area contributed by atoms with Gasteiger partial charge < -0.3 is 5.32 Å². The van der Waals surface area contributed by atoms with Crippen LogP contribution in [-0.2, 0) is 6.18 Å². The van der Waals surface area contributed by atoms with Crippen LogP contribution in [0.1, 0.15) is 12.5 Å². The second-order valence-electron chi connectivity index (χ2n) is 4.02. The third-order valence-corrected chi connectivity index (χ3v) is 3.22. The van der Waals surface area contributed by atoms with Crippen molar-refractivity contribution in [2.45, 2.75) is 13.1 Å². The zero-order valence-corrected chi connectivity index (χ0v) is 10.7. The third-order valence-electron chi connectivity index (χ3n) is 2.32. The molecular formula is C12H16F3NS. The second-order valence-corrected chi connectivity index (χ2v) is 4.93. The highest BCUT2D eigenvalue weighted by Gasteiger charge is 2.29. The van der Waals surface area contributed by atoms with E-state index in [1.54, 1.807) is 11.8 Å². The Balaban J connectivity index is 2.51. The van der Waals surface area contributed by atoms with E-state index in [1.807, 2.05) is 6.26 Å². The maximum Gasteiger partial charge on any atom is 0.416 e. The summed E-state index contributed by atoms with van der Waals surface area (Å²) < 4.78 is 36.9. The molecule has 1 aromatic rings. The van der Waals surface area contributed by atoms with Gasteiger partial charge in [-0.25, -0.2) is 0 Å². The average Bonchev–Trinajstić information content (AvgIpc) is 2.26. The Hall–Kier alpha value is -0.840. The summed E-state index contributed by atoms with van der Waals surface area (Å²) in [7, 11) is 0. The van der Waals surface area contributed by atoms with Gasteiger partial charge in [0.15, 0.2) is 0 Å². The first-order chi connectivity index (χ1) is 7.93. The van der Waals surface area contributed by atoms with Crippen molar-refractivity contribution in [2.24, 2.45) is 5.92 Å². The standard InChI is InChI=1S/C12H16F3NS/c1-9(8-17-2)7-16-11-5-3-10(4-6-11)12(13,14)15/h3-6,9,16H,7-8H2,1-2H3. The normalized spacial score (nSPS) is 13.5. The molecule has 0 aliphatic carbocycles. The molecule has 0 aliphatic heterocycles. The highest BCUT2D eigenvalue weighted by Crippen LogP contribution is 2.29. The summed E-state index contributed by atoms with van der Waals surface area (Å²) >= 11 is 1.76. The summed E-state index contributed by atoms with van der Waals surface area (Å²) in [5.41, 5.74) is 0.117. The quantitative estimate of drug-likeness (QED) is 0.857. The molecule has 1 aromatic carbocycles. The van der Waals surface area contributed by atoms with Gasteiger partial charge in [-0.3, -0.25) is 0 Å². The van der Waals surface area contributed by atoms with E-state index < -0.39 is 11.7 Å². The molecule has 1 rings (SSSR count). The molecule has 0 aromatic heterocycles. The summed E-state index contributed by atoms with van der Waals surface area (Å²) in [6.45, 7) is 2.87. The van der Waals surface area contributed by atoms with Gasteiger partial charge >= 0.3 is 6.18 Å². The molecule has 0 amide bonds. The van der Waals surface area contributed by atoms with E-state index >= 15 is 0 Å². The van der Waals surface area contributed by atoms with Gasteiger partial charge in [-0.1, -0.05) is 6.92 Å². The molecule has 1 unspecified atom stereocenters. The summed E-state index contributed by atoms with van der Waals surface area (Å²) in [5, 5.41) is 3.13. The topological polar surface area (TPSA) is 12.0 Å². The number of hydrogen-bond donors (Lipinski definition) is 1. The Morgan fingerprint density at radius 2 is 1.82 bits per heavy atom. The maximum absolute atomic E-state index is 12.3. The molecule has 5 heteroatoms. The van der Waals surface area contributed by atoms with Crippen LogP contribution in [-0.4, -0.2) is 18.6 Å². The van der Waals surface area contributed by atoms with Crippen molar-refractivity contribution in [2.75, 3.05) is 23.9 Å². The van der Waals surface area contributed by atoms with E-state index in [-0.39, 0.29) is 0 Å². The van der Waals surface area contributed by atoms with E-state index in [4.69, 9.17) is 0 Å². The third kappa shape index (κ3) is 4.89. The second kappa shape index (κ2) is 6.19. The van der Waals surface area contributed by atoms with Gasteiger partial charge in [-0.05, 0) is 42.2 Å². The summed E-state index contributed by atoms with van der Waals surface area (Å²) in [4.78, 5) is 0. The van der Waals surface area contributed by atoms with Crippen LogP contribution in [0.25, 0.3) is 0 Å². The minimum Gasteiger partial charge on any atom is -0.385 e. The van der Waals surface area contributed by atoms with Gasteiger partial charge in [-0.15, -0.1) is 0 Å². The Morgan fingerprint density at radius 1 is 1.24 bits per heavy atom. The van der Waals surface area contributed by atoms with Gasteiger partial charge in [-0.2, -0.15) is 24.9 Å². The van der Waals surface area contributed by atoms with Gasteiger partial charge in [0.05, 0.1) is 5.56 Å². The number of rotatable bonds is 5. The van der Waals surface area contributed by atoms with E-state index in [1.165, 1.54) is 12.1 Å². The largest absolute Gasteiger partial charge is 0.416 e. The van der Waals surface area contributed by atoms with Crippen LogP contribution >= 0.6 is 11.8 Å². The predicted molar refractivity (Wildman–Crippen MR) is 67.5 cm³/mol. The van der Waals surface area contributed by atoms with Crippen LogP contribution in [0, 0.1) is 5.92 Å². The van der Waals surface area contributed by atoms with Crippen molar-refractivity contribution in [3.8, 4) is 0 Å². The predicted octanol–water partition coefficient (Wildman–Crippen LogP) is 4.12. The molecule has 0 aliphatic rings. The van der Waals surface area contributed by atoms with Crippen LogP contribution in [0.15, 0.2) is 24.3 Å². The van der Waals surface area contributed by atoms with Crippen LogP contribution in [0.5, 0.6) is 0 Å². The lowest BCUT2D eigenvalue weighted by molar-refractivity contribution is -0.137. The minimum absolute atomic E-state index is 0.493. The molecule has 0 heterocycles. The number of benzene rings is 1. The zero-order valence-electron chi connectivity index (χ0n) is 9.84. The zero-order chi connectivity index (χ0) is 12.9. The van der Waals surface area contributed by atoms with Crippen molar-refractivity contribution in [1.29, 1.82) is 0 Å². The number of thioether (sulfide) groups is 1. The number of hydrogen-bond acceptors (Lipinski definition) is 2. The lowest BCUT2D eigenvalue weighted by atomic mass is 10.2. The Bertz CT molecular complexity index is 335. The van der Waals surface area contributed by atoms with E-state index in [0.717, 1.165) is 30.1 Å². The SMILES string of the molecule is CSCC(C)CNc1ccc(C(F)(F)F)cc1. The van der Waals surface area contributed by atoms with E-state index in [0.29, 0.717) is 5.92 Å². The molecule has 1 nitrogen and oxygen atoms in total. The van der Waals surface area contributed by atoms with Gasteiger partial charge in [0.2, 0.25) is 0 Å². The van der Waals surface area contributed by atoms with Crippen LogP contribution in [0.3, 0.4) is 0 Å². The molecule has 1 atom stereocenters. The maximum atomic E-state index is 12.3. The van der Waals surface area contributed by atoms with E-state index in [9.17, 15) is 13.2 Å². The summed E-state index contributed by atoms with van der Waals surface area (Å²) in [6, 6.07) is 5.13. The smallest absolute Gasteiger partial charge is 0.385 e. The Labute approximate surface area is 104 Å². The first kappa shape index (κ1) is 14.2. The fraction of sp³-hybridized carbons (Fsp3) is 0.500. The first-order valence-electron chi connectivity index (χ1n) is 5.33. The molecule has 0 spiro atoms. The van der Waals surface area contributed by atoms with Crippen LogP contribution in [0.2, 0.25) is 0 Å². The van der Waals surface area contributed by atoms with Crippen molar-refractivity contribution in [3.05, 3.63) is 29.8 Å². The molecule has 17 heavy (non-hydrogen) atoms. The van der Waals surface area contributed by atoms with Crippen LogP contribution < -0.4 is 5.32 Å². The van der Waals surface area contributed by atoms with Crippen LogP contribution in [0.4, 0.5) is 18.9 Å². The Kier molecular flexibility index (Phi) is 5.18. The lowest BCUT2D eigenvalue weighted by Gasteiger charge is -2.13. The number of halogens is 3.